The lowest BCUT2D eigenvalue weighted by Gasteiger charge is -1.88. The molecule has 0 aromatic rings. The van der Waals surface area contributed by atoms with E-state index in [1.54, 1.807) is 0 Å². The molecular formula is C9H14O2. The summed E-state index contributed by atoms with van der Waals surface area (Å²) in [5.74, 6) is 0. The van der Waals surface area contributed by atoms with E-state index in [4.69, 9.17) is 4.74 Å². The molecule has 1 heterocycles. The van der Waals surface area contributed by atoms with Crippen LogP contribution in [-0.4, -0.2) is 18.5 Å². The summed E-state index contributed by atoms with van der Waals surface area (Å²) in [4.78, 5) is 9.92. The van der Waals surface area contributed by atoms with Gasteiger partial charge in [0.15, 0.2) is 0 Å². The third kappa shape index (κ3) is 2.85. The molecule has 11 heavy (non-hydrogen) atoms. The van der Waals surface area contributed by atoms with Gasteiger partial charge in [-0.15, -0.1) is 0 Å². The van der Waals surface area contributed by atoms with Gasteiger partial charge in [0, 0.05) is 0 Å². The van der Waals surface area contributed by atoms with Gasteiger partial charge in [-0.05, 0) is 12.5 Å². The number of carbonyl (C=O) groups excluding carboxylic acids is 1. The van der Waals surface area contributed by atoms with Gasteiger partial charge in [0.2, 0.25) is 0 Å². The molecule has 62 valence electrons. The van der Waals surface area contributed by atoms with Crippen LogP contribution in [0.1, 0.15) is 26.2 Å². The van der Waals surface area contributed by atoms with Crippen molar-refractivity contribution in [2.75, 3.05) is 0 Å². The predicted octanol–water partition coefficient (Wildman–Crippen LogP) is 1.70. The molecule has 0 spiro atoms. The zero-order chi connectivity index (χ0) is 8.10. The molecule has 0 aromatic heterocycles. The number of ether oxygens (including phenoxy) is 1. The van der Waals surface area contributed by atoms with Crippen molar-refractivity contribution in [2.45, 2.75) is 38.4 Å². The molecular weight excluding hydrogens is 140 g/mol. The van der Waals surface area contributed by atoms with E-state index in [1.165, 1.54) is 18.9 Å². The van der Waals surface area contributed by atoms with E-state index >= 15 is 0 Å². The standard InChI is InChI=1S/C9H14O2/c1-2-3-5-8-9(11-8)6-4-7-10/h4,6-9H,2-3,5H2,1H3/b6-4+/t8-,9-/m1/s1. The van der Waals surface area contributed by atoms with Gasteiger partial charge in [-0.2, -0.15) is 0 Å². The summed E-state index contributed by atoms with van der Waals surface area (Å²) in [6.45, 7) is 2.17. The molecule has 2 nitrogen and oxygen atoms in total. The third-order valence-corrected chi connectivity index (χ3v) is 1.84. The Morgan fingerprint density at radius 2 is 2.36 bits per heavy atom. The van der Waals surface area contributed by atoms with Gasteiger partial charge >= 0.3 is 0 Å². The third-order valence-electron chi connectivity index (χ3n) is 1.84. The SMILES string of the molecule is CCCC[C@H]1O[C@@H]1/C=C/C=O. The summed E-state index contributed by atoms with van der Waals surface area (Å²) in [5.41, 5.74) is 0. The molecule has 1 aliphatic rings. The minimum absolute atomic E-state index is 0.228. The van der Waals surface area contributed by atoms with Crippen LogP contribution in [0.5, 0.6) is 0 Å². The van der Waals surface area contributed by atoms with E-state index in [2.05, 4.69) is 6.92 Å². The smallest absolute Gasteiger partial charge is 0.142 e. The summed E-state index contributed by atoms with van der Waals surface area (Å²) in [6.07, 6.45) is 8.31. The lowest BCUT2D eigenvalue weighted by atomic mass is 10.1. The van der Waals surface area contributed by atoms with Crippen LogP contribution >= 0.6 is 0 Å². The lowest BCUT2D eigenvalue weighted by Crippen LogP contribution is -1.89. The molecule has 1 rings (SSSR count). The first-order chi connectivity index (χ1) is 5.38. The Morgan fingerprint density at radius 3 is 3.00 bits per heavy atom. The number of hydrogen-bond donors (Lipinski definition) is 0. The fourth-order valence-electron chi connectivity index (χ4n) is 1.12. The molecule has 0 N–H and O–H groups in total. The van der Waals surface area contributed by atoms with Gasteiger partial charge in [-0.1, -0.05) is 25.8 Å². The molecule has 0 aliphatic carbocycles. The number of carbonyl (C=O) groups is 1. The van der Waals surface area contributed by atoms with Crippen molar-refractivity contribution in [2.24, 2.45) is 0 Å². The van der Waals surface area contributed by atoms with Crippen molar-refractivity contribution in [3.8, 4) is 0 Å². The van der Waals surface area contributed by atoms with Crippen LogP contribution in [0.3, 0.4) is 0 Å². The van der Waals surface area contributed by atoms with Gasteiger partial charge < -0.3 is 4.74 Å². The fourth-order valence-corrected chi connectivity index (χ4v) is 1.12. The van der Waals surface area contributed by atoms with Crippen molar-refractivity contribution in [3.05, 3.63) is 12.2 Å². The number of epoxide rings is 1. The minimum atomic E-state index is 0.228. The Labute approximate surface area is 67.2 Å². The topological polar surface area (TPSA) is 29.6 Å². The van der Waals surface area contributed by atoms with Crippen molar-refractivity contribution >= 4 is 6.29 Å². The number of allylic oxidation sites excluding steroid dienone is 1. The number of rotatable bonds is 5. The summed E-state index contributed by atoms with van der Waals surface area (Å²) in [7, 11) is 0. The number of unbranched alkanes of at least 4 members (excludes halogenated alkanes) is 1. The molecule has 0 saturated carbocycles. The van der Waals surface area contributed by atoms with Gasteiger partial charge in [-0.25, -0.2) is 0 Å². The largest absolute Gasteiger partial charge is 0.365 e. The van der Waals surface area contributed by atoms with Crippen molar-refractivity contribution in [1.29, 1.82) is 0 Å². The van der Waals surface area contributed by atoms with Crippen LogP contribution < -0.4 is 0 Å². The quantitative estimate of drug-likeness (QED) is 0.342. The van der Waals surface area contributed by atoms with E-state index in [-0.39, 0.29) is 6.10 Å². The molecule has 1 fully saturated rings. The highest BCUT2D eigenvalue weighted by atomic mass is 16.6. The minimum Gasteiger partial charge on any atom is -0.365 e. The molecule has 0 unspecified atom stereocenters. The van der Waals surface area contributed by atoms with Crippen molar-refractivity contribution < 1.29 is 9.53 Å². The predicted molar refractivity (Wildman–Crippen MR) is 43.4 cm³/mol. The Kier molecular flexibility index (Phi) is 3.30. The summed E-state index contributed by atoms with van der Waals surface area (Å²) >= 11 is 0. The van der Waals surface area contributed by atoms with Crippen molar-refractivity contribution in [3.63, 3.8) is 0 Å². The van der Waals surface area contributed by atoms with Crippen LogP contribution in [0.4, 0.5) is 0 Å². The van der Waals surface area contributed by atoms with E-state index in [0.29, 0.717) is 6.10 Å². The summed E-state index contributed by atoms with van der Waals surface area (Å²) < 4.78 is 5.28. The highest BCUT2D eigenvalue weighted by Crippen LogP contribution is 2.27. The normalized spacial score (nSPS) is 29.2. The average Bonchev–Trinajstić information content (AvgIpc) is 2.76. The van der Waals surface area contributed by atoms with E-state index in [1.807, 2.05) is 6.08 Å². The molecule has 2 atom stereocenters. The van der Waals surface area contributed by atoms with Gasteiger partial charge in [-0.3, -0.25) is 4.79 Å². The van der Waals surface area contributed by atoms with Crippen LogP contribution in [0.25, 0.3) is 0 Å². The molecule has 1 saturated heterocycles. The van der Waals surface area contributed by atoms with Gasteiger partial charge in [0.1, 0.15) is 12.4 Å². The first-order valence-electron chi connectivity index (χ1n) is 4.16. The first-order valence-corrected chi connectivity index (χ1v) is 4.16. The van der Waals surface area contributed by atoms with Gasteiger partial charge in [0.05, 0.1) is 6.10 Å². The summed E-state index contributed by atoms with van der Waals surface area (Å²) in [6, 6.07) is 0. The first kappa shape index (κ1) is 8.47. The Balaban J connectivity index is 2.06. The molecule has 0 bridgehead atoms. The summed E-state index contributed by atoms with van der Waals surface area (Å²) in [5, 5.41) is 0. The van der Waals surface area contributed by atoms with Crippen LogP contribution in [0.2, 0.25) is 0 Å². The van der Waals surface area contributed by atoms with Crippen LogP contribution in [-0.2, 0) is 9.53 Å². The van der Waals surface area contributed by atoms with Gasteiger partial charge in [0.25, 0.3) is 0 Å². The van der Waals surface area contributed by atoms with E-state index in [0.717, 1.165) is 12.7 Å². The highest BCUT2D eigenvalue weighted by molar-refractivity contribution is 5.64. The molecule has 2 heteroatoms. The number of hydrogen-bond acceptors (Lipinski definition) is 2. The van der Waals surface area contributed by atoms with Crippen molar-refractivity contribution in [1.82, 2.24) is 0 Å². The molecule has 1 aliphatic heterocycles. The second-order valence-electron chi connectivity index (χ2n) is 2.80. The second-order valence-corrected chi connectivity index (χ2v) is 2.80. The second kappa shape index (κ2) is 4.29. The Bertz CT molecular complexity index is 152. The highest BCUT2D eigenvalue weighted by Gasteiger charge is 2.35. The maximum Gasteiger partial charge on any atom is 0.142 e. The average molecular weight is 154 g/mol. The molecule has 0 radical (unpaired) electrons. The fraction of sp³-hybridized carbons (Fsp3) is 0.667. The number of aldehydes is 1. The maximum absolute atomic E-state index is 9.92. The zero-order valence-corrected chi connectivity index (χ0v) is 6.82. The van der Waals surface area contributed by atoms with E-state index < -0.39 is 0 Å². The Morgan fingerprint density at radius 1 is 1.55 bits per heavy atom. The maximum atomic E-state index is 9.92. The van der Waals surface area contributed by atoms with Crippen LogP contribution in [0.15, 0.2) is 12.2 Å². The zero-order valence-electron chi connectivity index (χ0n) is 6.82. The Hall–Kier alpha value is -0.630. The van der Waals surface area contributed by atoms with Crippen LogP contribution in [0, 0.1) is 0 Å². The lowest BCUT2D eigenvalue weighted by molar-refractivity contribution is -0.104. The van der Waals surface area contributed by atoms with E-state index in [9.17, 15) is 4.79 Å². The monoisotopic (exact) mass is 154 g/mol. The molecule has 0 aromatic carbocycles. The molecule has 0 amide bonds.